The molecule has 0 saturated carbocycles. The average Bonchev–Trinajstić information content (AvgIpc) is 2.38. The van der Waals surface area contributed by atoms with E-state index >= 15 is 0 Å². The van der Waals surface area contributed by atoms with Gasteiger partial charge < -0.3 is 10.5 Å². The number of nitrogens with one attached hydrogen (secondary N) is 1. The Balaban J connectivity index is 2.30. The molecule has 7 heteroatoms. The van der Waals surface area contributed by atoms with Gasteiger partial charge in [0, 0.05) is 25.3 Å². The fourth-order valence-electron chi connectivity index (χ4n) is 2.18. The van der Waals surface area contributed by atoms with E-state index in [1.165, 1.54) is 12.1 Å². The third-order valence-electron chi connectivity index (χ3n) is 3.50. The minimum atomic E-state index is -3.92. The number of rotatable bonds is 4. The lowest BCUT2D eigenvalue weighted by Gasteiger charge is -2.34. The van der Waals surface area contributed by atoms with Gasteiger partial charge in [-0.05, 0) is 37.5 Å². The Morgan fingerprint density at radius 3 is 2.65 bits per heavy atom. The molecule has 3 N–H and O–H groups in total. The summed E-state index contributed by atoms with van der Waals surface area (Å²) in [6, 6.07) is 3.88. The Labute approximate surface area is 118 Å². The first-order chi connectivity index (χ1) is 9.36. The Hall–Kier alpha value is -1.02. The van der Waals surface area contributed by atoms with Crippen LogP contribution in [-0.4, -0.2) is 27.2 Å². The van der Waals surface area contributed by atoms with Crippen LogP contribution in [0.25, 0.3) is 0 Å². The van der Waals surface area contributed by atoms with Crippen LogP contribution in [0.1, 0.15) is 25.3 Å². The van der Waals surface area contributed by atoms with E-state index in [-0.39, 0.29) is 11.4 Å². The standard InChI is InChI=1S/C13H19FN2O3S/c1-13(4-6-19-7-5-13)16-20(17,18)12-8-10(9-15)2-3-11(12)14/h2-3,8,16H,4-7,9,15H2,1H3. The average molecular weight is 302 g/mol. The van der Waals surface area contributed by atoms with Gasteiger partial charge >= 0.3 is 0 Å². The van der Waals surface area contributed by atoms with E-state index in [0.717, 1.165) is 6.07 Å². The Kier molecular flexibility index (Phi) is 4.43. The smallest absolute Gasteiger partial charge is 0.243 e. The molecule has 0 unspecified atom stereocenters. The highest BCUT2D eigenvalue weighted by Crippen LogP contribution is 2.24. The predicted octanol–water partition coefficient (Wildman–Crippen LogP) is 1.13. The molecule has 0 aliphatic carbocycles. The van der Waals surface area contributed by atoms with Crippen LogP contribution in [0.3, 0.4) is 0 Å². The maximum Gasteiger partial charge on any atom is 0.243 e. The molecule has 2 rings (SSSR count). The second kappa shape index (κ2) is 5.77. The van der Waals surface area contributed by atoms with Crippen LogP contribution in [0.2, 0.25) is 0 Å². The first-order valence-corrected chi connectivity index (χ1v) is 7.95. The van der Waals surface area contributed by atoms with Crippen molar-refractivity contribution in [2.75, 3.05) is 13.2 Å². The molecule has 1 aromatic carbocycles. The molecule has 0 spiro atoms. The van der Waals surface area contributed by atoms with E-state index in [0.29, 0.717) is 31.6 Å². The van der Waals surface area contributed by atoms with Gasteiger partial charge in [0.1, 0.15) is 10.7 Å². The van der Waals surface area contributed by atoms with Crippen LogP contribution >= 0.6 is 0 Å². The molecule has 5 nitrogen and oxygen atoms in total. The van der Waals surface area contributed by atoms with Crippen LogP contribution < -0.4 is 10.5 Å². The number of benzene rings is 1. The molecule has 1 fully saturated rings. The van der Waals surface area contributed by atoms with Crippen LogP contribution in [0, 0.1) is 5.82 Å². The van der Waals surface area contributed by atoms with E-state index in [1.807, 2.05) is 0 Å². The number of hydrogen-bond donors (Lipinski definition) is 2. The number of halogens is 1. The molecule has 20 heavy (non-hydrogen) atoms. The highest BCUT2D eigenvalue weighted by molar-refractivity contribution is 7.89. The number of hydrogen-bond acceptors (Lipinski definition) is 4. The molecule has 1 aliphatic rings. The summed E-state index contributed by atoms with van der Waals surface area (Å²) in [7, 11) is -3.92. The highest BCUT2D eigenvalue weighted by Gasteiger charge is 2.33. The number of nitrogens with two attached hydrogens (primary N) is 1. The summed E-state index contributed by atoms with van der Waals surface area (Å²) in [6.45, 7) is 2.94. The largest absolute Gasteiger partial charge is 0.381 e. The van der Waals surface area contributed by atoms with Crippen molar-refractivity contribution in [1.82, 2.24) is 4.72 Å². The molecule has 1 heterocycles. The molecule has 0 amide bonds. The van der Waals surface area contributed by atoms with Crippen molar-refractivity contribution in [3.63, 3.8) is 0 Å². The monoisotopic (exact) mass is 302 g/mol. The van der Waals surface area contributed by atoms with Gasteiger partial charge in [-0.15, -0.1) is 0 Å². The summed E-state index contributed by atoms with van der Waals surface area (Å²) in [5, 5.41) is 0. The Morgan fingerprint density at radius 1 is 1.40 bits per heavy atom. The van der Waals surface area contributed by atoms with E-state index in [1.54, 1.807) is 6.92 Å². The first-order valence-electron chi connectivity index (χ1n) is 6.46. The summed E-state index contributed by atoms with van der Waals surface area (Å²) in [5.41, 5.74) is 5.43. The maximum atomic E-state index is 13.8. The van der Waals surface area contributed by atoms with Crippen LogP contribution in [-0.2, 0) is 21.3 Å². The lowest BCUT2D eigenvalue weighted by molar-refractivity contribution is 0.0537. The lowest BCUT2D eigenvalue weighted by atomic mass is 9.94. The van der Waals surface area contributed by atoms with Crippen LogP contribution in [0.4, 0.5) is 4.39 Å². The van der Waals surface area contributed by atoms with Gasteiger partial charge in [0.2, 0.25) is 10.0 Å². The fraction of sp³-hybridized carbons (Fsp3) is 0.538. The van der Waals surface area contributed by atoms with Gasteiger partial charge in [0.15, 0.2) is 0 Å². The van der Waals surface area contributed by atoms with Crippen molar-refractivity contribution in [2.24, 2.45) is 5.73 Å². The minimum absolute atomic E-state index is 0.161. The van der Waals surface area contributed by atoms with Gasteiger partial charge in [-0.2, -0.15) is 0 Å². The summed E-state index contributed by atoms with van der Waals surface area (Å²) in [6.07, 6.45) is 1.12. The quantitative estimate of drug-likeness (QED) is 0.873. The number of ether oxygens (including phenoxy) is 1. The van der Waals surface area contributed by atoms with Gasteiger partial charge in [-0.3, -0.25) is 0 Å². The van der Waals surface area contributed by atoms with Crippen molar-refractivity contribution in [2.45, 2.75) is 36.7 Å². The fourth-order valence-corrected chi connectivity index (χ4v) is 3.78. The van der Waals surface area contributed by atoms with Crippen molar-refractivity contribution in [1.29, 1.82) is 0 Å². The third-order valence-corrected chi connectivity index (χ3v) is 5.15. The van der Waals surface area contributed by atoms with Crippen molar-refractivity contribution in [3.05, 3.63) is 29.6 Å². The van der Waals surface area contributed by atoms with Crippen molar-refractivity contribution >= 4 is 10.0 Å². The van der Waals surface area contributed by atoms with E-state index < -0.39 is 21.4 Å². The minimum Gasteiger partial charge on any atom is -0.381 e. The summed E-state index contributed by atoms with van der Waals surface area (Å²) < 4.78 is 46.3. The van der Waals surface area contributed by atoms with E-state index in [2.05, 4.69) is 4.72 Å². The normalized spacial score (nSPS) is 18.9. The molecule has 1 aliphatic heterocycles. The molecule has 0 atom stereocenters. The second-order valence-corrected chi connectivity index (χ2v) is 6.90. The summed E-state index contributed by atoms with van der Waals surface area (Å²) in [5.74, 6) is -0.773. The molecule has 0 aromatic heterocycles. The molecule has 1 saturated heterocycles. The van der Waals surface area contributed by atoms with E-state index in [9.17, 15) is 12.8 Å². The van der Waals surface area contributed by atoms with Crippen molar-refractivity contribution < 1.29 is 17.5 Å². The van der Waals surface area contributed by atoms with Crippen LogP contribution in [0.15, 0.2) is 23.1 Å². The first kappa shape index (κ1) is 15.4. The lowest BCUT2D eigenvalue weighted by Crippen LogP contribution is -2.49. The summed E-state index contributed by atoms with van der Waals surface area (Å²) >= 11 is 0. The zero-order valence-electron chi connectivity index (χ0n) is 11.4. The SMILES string of the molecule is CC1(NS(=O)(=O)c2cc(CN)ccc2F)CCOCC1. The summed E-state index contributed by atoms with van der Waals surface area (Å²) in [4.78, 5) is -0.354. The topological polar surface area (TPSA) is 81.4 Å². The number of sulfonamides is 1. The molecule has 0 radical (unpaired) electrons. The molecule has 1 aromatic rings. The highest BCUT2D eigenvalue weighted by atomic mass is 32.2. The van der Waals surface area contributed by atoms with E-state index in [4.69, 9.17) is 10.5 Å². The van der Waals surface area contributed by atoms with Crippen LogP contribution in [0.5, 0.6) is 0 Å². The molecule has 0 bridgehead atoms. The Bertz CT molecular complexity index is 583. The van der Waals surface area contributed by atoms with Gasteiger partial charge in [0.05, 0.1) is 0 Å². The van der Waals surface area contributed by atoms with Gasteiger partial charge in [0.25, 0.3) is 0 Å². The second-order valence-electron chi connectivity index (χ2n) is 5.25. The zero-order valence-corrected chi connectivity index (χ0v) is 12.2. The predicted molar refractivity (Wildman–Crippen MR) is 73.1 cm³/mol. The van der Waals surface area contributed by atoms with Crippen molar-refractivity contribution in [3.8, 4) is 0 Å². The third kappa shape index (κ3) is 3.35. The molecular formula is C13H19FN2O3S. The molecular weight excluding hydrogens is 283 g/mol. The maximum absolute atomic E-state index is 13.8. The van der Waals surface area contributed by atoms with Gasteiger partial charge in [-0.1, -0.05) is 6.07 Å². The zero-order chi connectivity index (χ0) is 14.8. The Morgan fingerprint density at radius 2 is 2.05 bits per heavy atom. The molecule has 112 valence electrons. The van der Waals surface area contributed by atoms with Gasteiger partial charge in [-0.25, -0.2) is 17.5 Å².